The predicted octanol–water partition coefficient (Wildman–Crippen LogP) is 0.0456. The van der Waals surface area contributed by atoms with Crippen molar-refractivity contribution in [3.63, 3.8) is 0 Å². The topological polar surface area (TPSA) is 119 Å². The number of halogens is 1. The fraction of sp³-hybridized carbons (Fsp3) is 0.300. The predicted molar refractivity (Wildman–Crippen MR) is 106 cm³/mol. The summed E-state index contributed by atoms with van der Waals surface area (Å²) in [6, 6.07) is 5.97. The number of hydrogen-bond acceptors (Lipinski definition) is 6. The van der Waals surface area contributed by atoms with Crippen LogP contribution in [0, 0.1) is 5.82 Å². The second kappa shape index (κ2) is 8.46. The molecule has 3 heterocycles. The Bertz CT molecular complexity index is 1220. The second-order valence-electron chi connectivity index (χ2n) is 7.14. The zero-order valence-corrected chi connectivity index (χ0v) is 16.5. The maximum atomic E-state index is 13.4. The van der Waals surface area contributed by atoms with Crippen molar-refractivity contribution in [2.24, 2.45) is 0 Å². The van der Waals surface area contributed by atoms with E-state index >= 15 is 0 Å². The maximum absolute atomic E-state index is 13.4. The first-order chi connectivity index (χ1) is 14.9. The van der Waals surface area contributed by atoms with Gasteiger partial charge in [0.05, 0.1) is 19.3 Å². The summed E-state index contributed by atoms with van der Waals surface area (Å²) in [6.07, 6.45) is 3.04. The number of aromatic nitrogens is 4. The molecule has 160 valence electrons. The molecular formula is C20H19FN6O4. The maximum Gasteiger partial charge on any atom is 0.264 e. The molecule has 11 heteroatoms. The quantitative estimate of drug-likeness (QED) is 0.533. The first kappa shape index (κ1) is 20.4. The van der Waals surface area contributed by atoms with Gasteiger partial charge in [0, 0.05) is 19.4 Å². The SMILES string of the molecule is O=C(CN1C(=O)CCC1=O)NCCn1ncc2c(=O)n(Cc3cccc(F)c3)cnc21. The van der Waals surface area contributed by atoms with Gasteiger partial charge >= 0.3 is 0 Å². The third kappa shape index (κ3) is 4.34. The van der Waals surface area contributed by atoms with E-state index in [0.717, 1.165) is 4.90 Å². The molecule has 3 aromatic rings. The Kier molecular flexibility index (Phi) is 5.56. The van der Waals surface area contributed by atoms with Gasteiger partial charge in [-0.3, -0.25) is 28.6 Å². The second-order valence-corrected chi connectivity index (χ2v) is 7.14. The van der Waals surface area contributed by atoms with E-state index in [-0.39, 0.29) is 62.2 Å². The fourth-order valence-electron chi connectivity index (χ4n) is 3.41. The van der Waals surface area contributed by atoms with Crippen LogP contribution in [0.4, 0.5) is 4.39 Å². The highest BCUT2D eigenvalue weighted by Gasteiger charge is 2.30. The zero-order valence-electron chi connectivity index (χ0n) is 16.5. The summed E-state index contributed by atoms with van der Waals surface area (Å²) in [7, 11) is 0. The molecule has 2 aromatic heterocycles. The van der Waals surface area contributed by atoms with Crippen molar-refractivity contribution in [1.82, 2.24) is 29.5 Å². The number of amides is 3. The van der Waals surface area contributed by atoms with Crippen molar-refractivity contribution in [3.05, 3.63) is 58.5 Å². The van der Waals surface area contributed by atoms with E-state index in [1.165, 1.54) is 33.9 Å². The average Bonchev–Trinajstić information content (AvgIpc) is 3.29. The minimum absolute atomic E-state index is 0.133. The van der Waals surface area contributed by atoms with Crippen LogP contribution in [-0.2, 0) is 27.5 Å². The van der Waals surface area contributed by atoms with E-state index in [0.29, 0.717) is 16.6 Å². The normalized spacial score (nSPS) is 13.9. The molecule has 0 atom stereocenters. The summed E-state index contributed by atoms with van der Waals surface area (Å²) in [5, 5.41) is 7.08. The van der Waals surface area contributed by atoms with E-state index in [1.54, 1.807) is 12.1 Å². The minimum atomic E-state index is -0.453. The van der Waals surface area contributed by atoms with Gasteiger partial charge in [0.2, 0.25) is 17.7 Å². The number of benzene rings is 1. The number of nitrogens with zero attached hydrogens (tertiary/aromatic N) is 5. The Morgan fingerprint density at radius 2 is 1.94 bits per heavy atom. The summed E-state index contributed by atoms with van der Waals surface area (Å²) in [6.45, 7) is 0.298. The Balaban J connectivity index is 1.39. The number of fused-ring (bicyclic) bond motifs is 1. The lowest BCUT2D eigenvalue weighted by Gasteiger charge is -2.13. The van der Waals surface area contributed by atoms with Crippen molar-refractivity contribution in [1.29, 1.82) is 0 Å². The van der Waals surface area contributed by atoms with Crippen LogP contribution in [0.15, 0.2) is 41.6 Å². The number of carbonyl (C=O) groups excluding carboxylic acids is 3. The first-order valence-corrected chi connectivity index (χ1v) is 9.67. The van der Waals surface area contributed by atoms with Crippen molar-refractivity contribution < 1.29 is 18.8 Å². The molecule has 4 rings (SSSR count). The van der Waals surface area contributed by atoms with Gasteiger partial charge in [-0.05, 0) is 17.7 Å². The average molecular weight is 426 g/mol. The summed E-state index contributed by atoms with van der Waals surface area (Å²) in [4.78, 5) is 53.1. The lowest BCUT2D eigenvalue weighted by molar-refractivity contribution is -0.142. The lowest BCUT2D eigenvalue weighted by Crippen LogP contribution is -2.40. The van der Waals surface area contributed by atoms with Gasteiger partial charge in [-0.25, -0.2) is 14.1 Å². The summed E-state index contributed by atoms with van der Waals surface area (Å²) < 4.78 is 16.2. The Morgan fingerprint density at radius 3 is 2.68 bits per heavy atom. The van der Waals surface area contributed by atoms with E-state index < -0.39 is 5.91 Å². The number of rotatable bonds is 7. The number of carbonyl (C=O) groups is 3. The van der Waals surface area contributed by atoms with Crippen LogP contribution >= 0.6 is 0 Å². The van der Waals surface area contributed by atoms with Gasteiger partial charge in [0.1, 0.15) is 24.1 Å². The molecule has 0 unspecified atom stereocenters. The molecule has 3 amide bonds. The highest BCUT2D eigenvalue weighted by atomic mass is 19.1. The van der Waals surface area contributed by atoms with Gasteiger partial charge in [-0.2, -0.15) is 5.10 Å². The van der Waals surface area contributed by atoms with Crippen LogP contribution in [0.1, 0.15) is 18.4 Å². The smallest absolute Gasteiger partial charge is 0.264 e. The molecule has 1 N–H and O–H groups in total. The molecule has 31 heavy (non-hydrogen) atoms. The Morgan fingerprint density at radius 1 is 1.16 bits per heavy atom. The van der Waals surface area contributed by atoms with E-state index in [2.05, 4.69) is 15.4 Å². The van der Waals surface area contributed by atoms with E-state index in [4.69, 9.17) is 0 Å². The zero-order chi connectivity index (χ0) is 22.0. The van der Waals surface area contributed by atoms with Crippen molar-refractivity contribution in [2.45, 2.75) is 25.9 Å². The van der Waals surface area contributed by atoms with Crippen molar-refractivity contribution in [2.75, 3.05) is 13.1 Å². The molecule has 0 bridgehead atoms. The summed E-state index contributed by atoms with van der Waals surface area (Å²) in [5.74, 6) is -1.53. The summed E-state index contributed by atoms with van der Waals surface area (Å²) in [5.41, 5.74) is 0.684. The van der Waals surface area contributed by atoms with Gasteiger partial charge in [0.15, 0.2) is 5.65 Å². The van der Waals surface area contributed by atoms with Gasteiger partial charge in [-0.15, -0.1) is 0 Å². The van der Waals surface area contributed by atoms with Crippen molar-refractivity contribution >= 4 is 28.8 Å². The first-order valence-electron chi connectivity index (χ1n) is 9.67. The molecule has 0 saturated carbocycles. The molecule has 1 aliphatic heterocycles. The Hall–Kier alpha value is -3.89. The minimum Gasteiger partial charge on any atom is -0.353 e. The van der Waals surface area contributed by atoms with Crippen LogP contribution in [0.2, 0.25) is 0 Å². The number of imide groups is 1. The molecule has 0 spiro atoms. The molecule has 0 aliphatic carbocycles. The van der Waals surface area contributed by atoms with Crippen molar-refractivity contribution in [3.8, 4) is 0 Å². The number of hydrogen-bond donors (Lipinski definition) is 1. The van der Waals surface area contributed by atoms with Crippen LogP contribution in [-0.4, -0.2) is 55.0 Å². The molecular weight excluding hydrogens is 407 g/mol. The lowest BCUT2D eigenvalue weighted by atomic mass is 10.2. The van der Waals surface area contributed by atoms with Crippen LogP contribution in [0.25, 0.3) is 11.0 Å². The van der Waals surface area contributed by atoms with Gasteiger partial charge in [0.25, 0.3) is 5.56 Å². The third-order valence-corrected chi connectivity index (χ3v) is 4.97. The fourth-order valence-corrected chi connectivity index (χ4v) is 3.41. The van der Waals surface area contributed by atoms with Crippen LogP contribution in [0.5, 0.6) is 0 Å². The van der Waals surface area contributed by atoms with Gasteiger partial charge in [-0.1, -0.05) is 12.1 Å². The van der Waals surface area contributed by atoms with E-state index in [1.807, 2.05) is 0 Å². The van der Waals surface area contributed by atoms with E-state index in [9.17, 15) is 23.6 Å². The Labute approximate surface area is 175 Å². The van der Waals surface area contributed by atoms with Crippen LogP contribution < -0.4 is 10.9 Å². The van der Waals surface area contributed by atoms with Crippen LogP contribution in [0.3, 0.4) is 0 Å². The molecule has 10 nitrogen and oxygen atoms in total. The monoisotopic (exact) mass is 426 g/mol. The molecule has 1 fully saturated rings. The largest absolute Gasteiger partial charge is 0.353 e. The highest BCUT2D eigenvalue weighted by Crippen LogP contribution is 2.11. The molecule has 0 radical (unpaired) electrons. The molecule has 1 saturated heterocycles. The summed E-state index contributed by atoms with van der Waals surface area (Å²) >= 11 is 0. The highest BCUT2D eigenvalue weighted by molar-refractivity contribution is 6.04. The number of likely N-dealkylation sites (tertiary alicyclic amines) is 1. The standard InChI is InChI=1S/C20H19FN6O4/c21-14-3-1-2-13(8-14)10-25-12-23-19-15(20(25)31)9-24-27(19)7-6-22-16(28)11-26-17(29)4-5-18(26)30/h1-3,8-9,12H,4-7,10-11H2,(H,22,28). The number of nitrogens with one attached hydrogen (secondary N) is 1. The van der Waals surface area contributed by atoms with Gasteiger partial charge < -0.3 is 5.32 Å². The third-order valence-electron chi connectivity index (χ3n) is 4.97. The molecule has 1 aliphatic rings. The molecule has 1 aromatic carbocycles.